The van der Waals surface area contributed by atoms with E-state index in [1.165, 1.54) is 0 Å². The standard InChI is InChI=1S/C34H35N3O5/c1-5-11-24(3)41-31-21-30(42-27-12-7-6-8-13-27)23(2)20-28(31)35-33(38)32-29-14-9-10-19-37(29)36-34(32)40-22-25-15-17-26(39-4)18-16-25/h6-10,12-21,24H,5,11,22H2,1-4H3,(H,35,38). The van der Waals surface area contributed by atoms with Gasteiger partial charge in [0, 0.05) is 12.3 Å². The molecule has 2 heterocycles. The number of carbonyl (C=O) groups excluding carboxylic acids is 1. The Morgan fingerprint density at radius 3 is 2.45 bits per heavy atom. The van der Waals surface area contributed by atoms with Gasteiger partial charge in [0.25, 0.3) is 5.91 Å². The molecule has 1 N–H and O–H groups in total. The molecule has 0 aliphatic rings. The molecule has 1 atom stereocenters. The fourth-order valence-corrected chi connectivity index (χ4v) is 4.62. The molecule has 2 aromatic heterocycles. The van der Waals surface area contributed by atoms with E-state index in [9.17, 15) is 4.79 Å². The highest BCUT2D eigenvalue weighted by atomic mass is 16.5. The second kappa shape index (κ2) is 13.1. The van der Waals surface area contributed by atoms with Crippen molar-refractivity contribution in [3.8, 4) is 28.9 Å². The number of carbonyl (C=O) groups is 1. The van der Waals surface area contributed by atoms with Gasteiger partial charge in [-0.25, -0.2) is 4.52 Å². The zero-order chi connectivity index (χ0) is 29.5. The van der Waals surface area contributed by atoms with Gasteiger partial charge in [-0.1, -0.05) is 49.7 Å². The second-order valence-corrected chi connectivity index (χ2v) is 10.0. The molecule has 8 heteroatoms. The lowest BCUT2D eigenvalue weighted by molar-refractivity contribution is 0.102. The average molecular weight is 566 g/mol. The van der Waals surface area contributed by atoms with Crippen LogP contribution in [0.25, 0.3) is 5.52 Å². The summed E-state index contributed by atoms with van der Waals surface area (Å²) in [4.78, 5) is 13.9. The number of aromatic nitrogens is 2. The summed E-state index contributed by atoms with van der Waals surface area (Å²) in [5.41, 5.74) is 3.27. The van der Waals surface area contributed by atoms with Crippen LogP contribution in [-0.4, -0.2) is 28.7 Å². The second-order valence-electron chi connectivity index (χ2n) is 10.0. The first-order valence-electron chi connectivity index (χ1n) is 14.0. The Morgan fingerprint density at radius 1 is 0.952 bits per heavy atom. The summed E-state index contributed by atoms with van der Waals surface area (Å²) in [5.74, 6) is 2.53. The molecular formula is C34H35N3O5. The van der Waals surface area contributed by atoms with Crippen LogP contribution in [0.2, 0.25) is 0 Å². The Hall–Kier alpha value is -4.98. The molecule has 1 unspecified atom stereocenters. The molecule has 3 aromatic carbocycles. The number of methoxy groups -OCH3 is 1. The van der Waals surface area contributed by atoms with E-state index in [2.05, 4.69) is 17.3 Å². The van der Waals surface area contributed by atoms with Gasteiger partial charge >= 0.3 is 0 Å². The predicted octanol–water partition coefficient (Wildman–Crippen LogP) is 7.84. The van der Waals surface area contributed by atoms with E-state index in [1.807, 2.05) is 98.8 Å². The van der Waals surface area contributed by atoms with Gasteiger partial charge in [0.05, 0.1) is 24.4 Å². The largest absolute Gasteiger partial charge is 0.497 e. The molecule has 0 fully saturated rings. The van der Waals surface area contributed by atoms with Crippen LogP contribution in [0.4, 0.5) is 5.69 Å². The van der Waals surface area contributed by atoms with Crippen LogP contribution in [0.15, 0.2) is 91.1 Å². The fourth-order valence-electron chi connectivity index (χ4n) is 4.62. The normalized spacial score (nSPS) is 11.6. The maximum atomic E-state index is 13.9. The molecule has 0 aliphatic carbocycles. The van der Waals surface area contributed by atoms with Crippen molar-refractivity contribution in [1.29, 1.82) is 0 Å². The number of rotatable bonds is 12. The molecule has 42 heavy (non-hydrogen) atoms. The van der Waals surface area contributed by atoms with Gasteiger partial charge in [0.1, 0.15) is 35.2 Å². The van der Waals surface area contributed by atoms with Crippen LogP contribution in [0.3, 0.4) is 0 Å². The van der Waals surface area contributed by atoms with E-state index < -0.39 is 0 Å². The first-order valence-corrected chi connectivity index (χ1v) is 14.0. The van der Waals surface area contributed by atoms with E-state index in [-0.39, 0.29) is 24.5 Å². The van der Waals surface area contributed by atoms with E-state index in [1.54, 1.807) is 17.8 Å². The lowest BCUT2D eigenvalue weighted by atomic mass is 10.1. The van der Waals surface area contributed by atoms with E-state index in [0.717, 1.165) is 35.5 Å². The van der Waals surface area contributed by atoms with Crippen molar-refractivity contribution in [2.24, 2.45) is 0 Å². The molecule has 0 bridgehead atoms. The number of para-hydroxylation sites is 1. The third-order valence-corrected chi connectivity index (χ3v) is 6.79. The number of fused-ring (bicyclic) bond motifs is 1. The Labute approximate surface area is 245 Å². The summed E-state index contributed by atoms with van der Waals surface area (Å²) in [6.07, 6.45) is 3.57. The highest BCUT2D eigenvalue weighted by molar-refractivity contribution is 6.11. The smallest absolute Gasteiger partial charge is 0.263 e. The summed E-state index contributed by atoms with van der Waals surface area (Å²) in [7, 11) is 1.62. The molecule has 0 saturated carbocycles. The van der Waals surface area contributed by atoms with E-state index >= 15 is 0 Å². The number of nitrogens with zero attached hydrogens (tertiary/aromatic N) is 2. The number of benzene rings is 3. The van der Waals surface area contributed by atoms with Crippen molar-refractivity contribution in [2.45, 2.75) is 46.3 Å². The minimum atomic E-state index is -0.356. The van der Waals surface area contributed by atoms with Gasteiger partial charge in [-0.15, -0.1) is 5.10 Å². The van der Waals surface area contributed by atoms with Crippen molar-refractivity contribution >= 4 is 17.1 Å². The zero-order valence-corrected chi connectivity index (χ0v) is 24.3. The highest BCUT2D eigenvalue weighted by Gasteiger charge is 2.24. The Balaban J connectivity index is 1.45. The minimum Gasteiger partial charge on any atom is -0.497 e. The Kier molecular flexibility index (Phi) is 8.92. The Morgan fingerprint density at radius 2 is 1.71 bits per heavy atom. The Bertz CT molecular complexity index is 1650. The van der Waals surface area contributed by atoms with Crippen molar-refractivity contribution in [3.05, 3.63) is 108 Å². The van der Waals surface area contributed by atoms with Crippen LogP contribution < -0.4 is 24.3 Å². The molecule has 0 aliphatic heterocycles. The summed E-state index contributed by atoms with van der Waals surface area (Å²) in [6.45, 7) is 6.30. The summed E-state index contributed by atoms with van der Waals surface area (Å²) in [5, 5.41) is 7.62. The highest BCUT2D eigenvalue weighted by Crippen LogP contribution is 2.37. The molecular weight excluding hydrogens is 530 g/mol. The van der Waals surface area contributed by atoms with Gasteiger partial charge < -0.3 is 24.3 Å². The molecule has 0 spiro atoms. The van der Waals surface area contributed by atoms with Gasteiger partial charge in [0.2, 0.25) is 5.88 Å². The monoisotopic (exact) mass is 565 g/mol. The number of ether oxygens (including phenoxy) is 4. The topological polar surface area (TPSA) is 83.3 Å². The van der Waals surface area contributed by atoms with Crippen LogP contribution in [0, 0.1) is 6.92 Å². The minimum absolute atomic E-state index is 0.0571. The number of anilines is 1. The number of hydrogen-bond acceptors (Lipinski definition) is 6. The maximum Gasteiger partial charge on any atom is 0.263 e. The van der Waals surface area contributed by atoms with Crippen molar-refractivity contribution in [2.75, 3.05) is 12.4 Å². The molecule has 0 radical (unpaired) electrons. The lowest BCUT2D eigenvalue weighted by Gasteiger charge is -2.20. The average Bonchev–Trinajstić information content (AvgIpc) is 3.38. The molecule has 1 amide bonds. The van der Waals surface area contributed by atoms with Crippen molar-refractivity contribution in [1.82, 2.24) is 9.61 Å². The van der Waals surface area contributed by atoms with E-state index in [0.29, 0.717) is 28.3 Å². The molecule has 5 aromatic rings. The molecule has 216 valence electrons. The van der Waals surface area contributed by atoms with Gasteiger partial charge in [0.15, 0.2) is 0 Å². The molecule has 5 rings (SSSR count). The zero-order valence-electron chi connectivity index (χ0n) is 24.3. The van der Waals surface area contributed by atoms with Crippen LogP contribution >= 0.6 is 0 Å². The SMILES string of the molecule is CCCC(C)Oc1cc(Oc2ccccc2)c(C)cc1NC(=O)c1c(OCc2ccc(OC)cc2)nn2ccccc12. The van der Waals surface area contributed by atoms with Crippen LogP contribution in [-0.2, 0) is 6.61 Å². The quantitative estimate of drug-likeness (QED) is 0.166. The number of hydrogen-bond donors (Lipinski definition) is 1. The van der Waals surface area contributed by atoms with Crippen LogP contribution in [0.5, 0.6) is 28.9 Å². The molecule has 8 nitrogen and oxygen atoms in total. The van der Waals surface area contributed by atoms with E-state index in [4.69, 9.17) is 18.9 Å². The number of amides is 1. The first kappa shape index (κ1) is 28.5. The van der Waals surface area contributed by atoms with Crippen LogP contribution in [0.1, 0.15) is 48.2 Å². The number of aryl methyl sites for hydroxylation is 1. The van der Waals surface area contributed by atoms with Crippen molar-refractivity contribution < 1.29 is 23.7 Å². The lowest BCUT2D eigenvalue weighted by Crippen LogP contribution is -2.17. The number of nitrogens with one attached hydrogen (secondary N) is 1. The number of pyridine rings is 1. The summed E-state index contributed by atoms with van der Waals surface area (Å²) >= 11 is 0. The molecule has 0 saturated heterocycles. The van der Waals surface area contributed by atoms with Crippen molar-refractivity contribution in [3.63, 3.8) is 0 Å². The van der Waals surface area contributed by atoms with Gasteiger partial charge in [-0.05, 0) is 73.9 Å². The van der Waals surface area contributed by atoms with Gasteiger partial charge in [-0.2, -0.15) is 0 Å². The first-order chi connectivity index (χ1) is 20.4. The third kappa shape index (κ3) is 6.66. The fraction of sp³-hybridized carbons (Fsp3) is 0.235. The third-order valence-electron chi connectivity index (χ3n) is 6.79. The maximum absolute atomic E-state index is 13.9. The summed E-state index contributed by atoms with van der Waals surface area (Å²) < 4.78 is 25.5. The van der Waals surface area contributed by atoms with Gasteiger partial charge in [-0.3, -0.25) is 4.79 Å². The predicted molar refractivity (Wildman–Crippen MR) is 163 cm³/mol. The summed E-state index contributed by atoms with van der Waals surface area (Å²) in [6, 6.07) is 26.4.